The highest BCUT2D eigenvalue weighted by Crippen LogP contribution is 2.14. The molecule has 0 N–H and O–H groups in total. The second kappa shape index (κ2) is 16.3. The van der Waals surface area contributed by atoms with E-state index in [0.717, 1.165) is 12.0 Å². The first-order valence-corrected chi connectivity index (χ1v) is 10.4. The molecule has 0 fully saturated rings. The first-order valence-electron chi connectivity index (χ1n) is 10.4. The number of hydrogen-bond donors (Lipinski definition) is 0. The molecule has 1 heteroatoms. The van der Waals surface area contributed by atoms with Crippen LogP contribution in [0.15, 0.2) is 65.2 Å². The maximum atomic E-state index is 4.39. The maximum absolute atomic E-state index is 4.39. The number of rotatable bonds is 10. The molecule has 1 nitrogen and oxygen atoms in total. The van der Waals surface area contributed by atoms with Crippen LogP contribution in [-0.2, 0) is 6.42 Å². The molecule has 27 heavy (non-hydrogen) atoms. The lowest BCUT2D eigenvalue weighted by Gasteiger charge is -2.06. The van der Waals surface area contributed by atoms with E-state index in [2.05, 4.69) is 62.7 Å². The Balaban J connectivity index is 0.000000972. The van der Waals surface area contributed by atoms with Gasteiger partial charge in [-0.2, -0.15) is 0 Å². The first kappa shape index (κ1) is 25.1. The third-order valence-corrected chi connectivity index (χ3v) is 4.47. The van der Waals surface area contributed by atoms with Crippen molar-refractivity contribution in [3.63, 3.8) is 0 Å². The van der Waals surface area contributed by atoms with Crippen LogP contribution < -0.4 is 0 Å². The molecular weight excluding hydrogens is 326 g/mol. The Labute approximate surface area is 169 Å². The Morgan fingerprint density at radius 1 is 1.07 bits per heavy atom. The molecule has 0 aliphatic heterocycles. The van der Waals surface area contributed by atoms with Crippen LogP contribution in [0.3, 0.4) is 0 Å². The van der Waals surface area contributed by atoms with Crippen molar-refractivity contribution in [1.82, 2.24) is 0 Å². The zero-order chi connectivity index (χ0) is 20.5. The normalized spacial score (nSPS) is 12.1. The summed E-state index contributed by atoms with van der Waals surface area (Å²) in [7, 11) is 1.91. The number of aliphatic imine (C=N–C) groups is 1. The standard InChI is InChI=1S/C20H31N.C6H10/c1-5-6-15-20(21-4)16-17(2)11-7-9-13-19-14-10-8-12-18(19)3;1-4-5-6(2)3/h8,10,12,14,16H,5-7,9,11,13,15H2,1-4H3;4-5H,2H2,1,3H3/b17-16-,21-20?;5-4-. The predicted molar refractivity (Wildman–Crippen MR) is 125 cm³/mol. The second-order valence-corrected chi connectivity index (χ2v) is 7.29. The summed E-state index contributed by atoms with van der Waals surface area (Å²) in [6, 6.07) is 8.72. The quantitative estimate of drug-likeness (QED) is 0.225. The molecule has 0 unspecified atom stereocenters. The minimum absolute atomic E-state index is 1.11. The van der Waals surface area contributed by atoms with Gasteiger partial charge in [-0.25, -0.2) is 0 Å². The van der Waals surface area contributed by atoms with Crippen molar-refractivity contribution >= 4 is 5.71 Å². The van der Waals surface area contributed by atoms with Crippen LogP contribution in [0, 0.1) is 6.92 Å². The van der Waals surface area contributed by atoms with Gasteiger partial charge in [-0.1, -0.05) is 67.5 Å². The first-order chi connectivity index (χ1) is 12.9. The van der Waals surface area contributed by atoms with Crippen LogP contribution in [0.1, 0.15) is 77.3 Å². The summed E-state index contributed by atoms with van der Waals surface area (Å²) in [5, 5.41) is 0. The topological polar surface area (TPSA) is 12.4 Å². The summed E-state index contributed by atoms with van der Waals surface area (Å²) in [4.78, 5) is 4.39. The van der Waals surface area contributed by atoms with Crippen LogP contribution in [-0.4, -0.2) is 12.8 Å². The Hall–Kier alpha value is -1.89. The van der Waals surface area contributed by atoms with Gasteiger partial charge in [0.2, 0.25) is 0 Å². The van der Waals surface area contributed by atoms with Crippen molar-refractivity contribution in [2.24, 2.45) is 4.99 Å². The van der Waals surface area contributed by atoms with Crippen molar-refractivity contribution in [2.75, 3.05) is 7.05 Å². The molecule has 150 valence electrons. The van der Waals surface area contributed by atoms with Crippen molar-refractivity contribution in [1.29, 1.82) is 0 Å². The van der Waals surface area contributed by atoms with Crippen LogP contribution in [0.5, 0.6) is 0 Å². The van der Waals surface area contributed by atoms with Crippen LogP contribution in [0.25, 0.3) is 0 Å². The fourth-order valence-electron chi connectivity index (χ4n) is 2.86. The van der Waals surface area contributed by atoms with E-state index in [-0.39, 0.29) is 0 Å². The number of unbranched alkanes of at least 4 members (excludes halogenated alkanes) is 2. The number of aryl methyl sites for hydroxylation is 2. The molecule has 1 rings (SSSR count). The van der Waals surface area contributed by atoms with E-state index in [1.54, 1.807) is 0 Å². The fourth-order valence-corrected chi connectivity index (χ4v) is 2.86. The van der Waals surface area contributed by atoms with E-state index in [1.807, 2.05) is 33.0 Å². The van der Waals surface area contributed by atoms with Gasteiger partial charge in [0.25, 0.3) is 0 Å². The van der Waals surface area contributed by atoms with E-state index >= 15 is 0 Å². The van der Waals surface area contributed by atoms with E-state index in [1.165, 1.54) is 60.9 Å². The molecule has 0 bridgehead atoms. The Bertz CT molecular complexity index is 617. The molecular formula is C26H41N. The fraction of sp³-hybridized carbons (Fsp3) is 0.500. The maximum Gasteiger partial charge on any atom is 0.0344 e. The largest absolute Gasteiger partial charge is 0.293 e. The van der Waals surface area contributed by atoms with Gasteiger partial charge in [-0.05, 0) is 83.4 Å². The third-order valence-electron chi connectivity index (χ3n) is 4.47. The summed E-state index contributed by atoms with van der Waals surface area (Å²) >= 11 is 0. The van der Waals surface area contributed by atoms with Crippen molar-refractivity contribution in [3.8, 4) is 0 Å². The Morgan fingerprint density at radius 3 is 2.30 bits per heavy atom. The molecule has 1 aromatic rings. The number of hydrogen-bond acceptors (Lipinski definition) is 1. The summed E-state index contributed by atoms with van der Waals surface area (Å²) in [6.45, 7) is 14.3. The average molecular weight is 368 g/mol. The number of allylic oxidation sites excluding steroid dienone is 5. The van der Waals surface area contributed by atoms with Gasteiger partial charge in [0.05, 0.1) is 0 Å². The molecule has 1 aromatic carbocycles. The van der Waals surface area contributed by atoms with E-state index in [0.29, 0.717) is 0 Å². The van der Waals surface area contributed by atoms with E-state index < -0.39 is 0 Å². The predicted octanol–water partition coefficient (Wildman–Crippen LogP) is 8.05. The smallest absolute Gasteiger partial charge is 0.0344 e. The highest BCUT2D eigenvalue weighted by Gasteiger charge is 1.99. The number of nitrogens with zero attached hydrogens (tertiary/aromatic N) is 1. The summed E-state index contributed by atoms with van der Waals surface area (Å²) in [5.74, 6) is 0. The molecule has 0 heterocycles. The Kier molecular flexibility index (Phi) is 15.2. The zero-order valence-electron chi connectivity index (χ0n) is 18.6. The van der Waals surface area contributed by atoms with Crippen molar-refractivity contribution in [3.05, 3.63) is 71.3 Å². The van der Waals surface area contributed by atoms with Gasteiger partial charge in [-0.3, -0.25) is 4.99 Å². The summed E-state index contributed by atoms with van der Waals surface area (Å²) in [5.41, 5.74) is 6.75. The molecule has 0 radical (unpaired) electrons. The van der Waals surface area contributed by atoms with Crippen molar-refractivity contribution in [2.45, 2.75) is 79.6 Å². The van der Waals surface area contributed by atoms with Gasteiger partial charge in [0.15, 0.2) is 0 Å². The van der Waals surface area contributed by atoms with Crippen LogP contribution >= 0.6 is 0 Å². The molecule has 0 aliphatic carbocycles. The second-order valence-electron chi connectivity index (χ2n) is 7.29. The third kappa shape index (κ3) is 13.9. The lowest BCUT2D eigenvalue weighted by Crippen LogP contribution is -1.95. The van der Waals surface area contributed by atoms with E-state index in [9.17, 15) is 0 Å². The lowest BCUT2D eigenvalue weighted by atomic mass is 10.0. The highest BCUT2D eigenvalue weighted by atomic mass is 14.7. The highest BCUT2D eigenvalue weighted by molar-refractivity contribution is 5.95. The van der Waals surface area contributed by atoms with Gasteiger partial charge in [0.1, 0.15) is 0 Å². The van der Waals surface area contributed by atoms with Crippen LogP contribution in [0.4, 0.5) is 0 Å². The number of benzene rings is 1. The minimum atomic E-state index is 1.11. The molecule has 0 aromatic heterocycles. The van der Waals surface area contributed by atoms with Gasteiger partial charge in [-0.15, -0.1) is 0 Å². The zero-order valence-corrected chi connectivity index (χ0v) is 18.6. The minimum Gasteiger partial charge on any atom is -0.293 e. The molecule has 0 atom stereocenters. The van der Waals surface area contributed by atoms with E-state index in [4.69, 9.17) is 0 Å². The molecule has 0 saturated heterocycles. The Morgan fingerprint density at radius 2 is 1.78 bits per heavy atom. The molecule has 0 amide bonds. The van der Waals surface area contributed by atoms with Gasteiger partial charge < -0.3 is 0 Å². The molecule has 0 saturated carbocycles. The van der Waals surface area contributed by atoms with Crippen molar-refractivity contribution < 1.29 is 0 Å². The average Bonchev–Trinajstić information content (AvgIpc) is 2.64. The molecule has 0 spiro atoms. The van der Waals surface area contributed by atoms with Gasteiger partial charge >= 0.3 is 0 Å². The summed E-state index contributed by atoms with van der Waals surface area (Å²) < 4.78 is 0. The lowest BCUT2D eigenvalue weighted by molar-refractivity contribution is 0.727. The monoisotopic (exact) mass is 367 g/mol. The van der Waals surface area contributed by atoms with Crippen LogP contribution in [0.2, 0.25) is 0 Å². The SMILES string of the molecule is C=C(C)/C=C\C.CCCCC(/C=C(/C)CCCCc1ccccc1C)=NC. The van der Waals surface area contributed by atoms with Gasteiger partial charge in [0, 0.05) is 12.8 Å². The summed E-state index contributed by atoms with van der Waals surface area (Å²) in [6.07, 6.45) is 14.8. The molecule has 0 aliphatic rings.